The van der Waals surface area contributed by atoms with E-state index in [9.17, 15) is 0 Å². The SMILES string of the molecule is CO.Cc1cc2cc(-c3cccc(COC4CCCC4)c3)ccc2[nH]1.OCC1CCN1. The van der Waals surface area contributed by atoms with Crippen LogP contribution in [0.4, 0.5) is 0 Å². The average molecular weight is 425 g/mol. The summed E-state index contributed by atoms with van der Waals surface area (Å²) in [6.45, 7) is 4.22. The lowest BCUT2D eigenvalue weighted by Gasteiger charge is -2.24. The highest BCUT2D eigenvalue weighted by Gasteiger charge is 2.15. The van der Waals surface area contributed by atoms with Gasteiger partial charge in [0.25, 0.3) is 0 Å². The minimum absolute atomic E-state index is 0.306. The third kappa shape index (κ3) is 6.65. The molecule has 31 heavy (non-hydrogen) atoms. The highest BCUT2D eigenvalue weighted by atomic mass is 16.5. The van der Waals surface area contributed by atoms with E-state index >= 15 is 0 Å². The molecule has 168 valence electrons. The molecule has 5 heteroatoms. The zero-order valence-corrected chi connectivity index (χ0v) is 18.7. The van der Waals surface area contributed by atoms with Crippen molar-refractivity contribution in [2.45, 2.75) is 57.8 Å². The van der Waals surface area contributed by atoms with Gasteiger partial charge in [0, 0.05) is 29.7 Å². The van der Waals surface area contributed by atoms with Gasteiger partial charge in [0.2, 0.25) is 0 Å². The number of aromatic nitrogens is 1. The van der Waals surface area contributed by atoms with Crippen molar-refractivity contribution < 1.29 is 14.9 Å². The number of aliphatic hydroxyl groups is 2. The van der Waals surface area contributed by atoms with Crippen molar-refractivity contribution in [1.29, 1.82) is 0 Å². The van der Waals surface area contributed by atoms with Crippen molar-refractivity contribution in [2.24, 2.45) is 0 Å². The van der Waals surface area contributed by atoms with Crippen molar-refractivity contribution in [3.05, 3.63) is 59.8 Å². The summed E-state index contributed by atoms with van der Waals surface area (Å²) < 4.78 is 6.05. The molecule has 3 aromatic rings. The Kier molecular flexibility index (Phi) is 9.10. The maximum absolute atomic E-state index is 8.32. The zero-order chi connectivity index (χ0) is 22.1. The molecule has 2 aromatic carbocycles. The van der Waals surface area contributed by atoms with Crippen molar-refractivity contribution >= 4 is 10.9 Å². The minimum atomic E-state index is 0.306. The molecular formula is C26H36N2O3. The van der Waals surface area contributed by atoms with Crippen LogP contribution in [0.25, 0.3) is 22.0 Å². The smallest absolute Gasteiger partial charge is 0.0720 e. The molecule has 1 saturated carbocycles. The first-order valence-corrected chi connectivity index (χ1v) is 11.3. The van der Waals surface area contributed by atoms with E-state index in [2.05, 4.69) is 65.8 Å². The first kappa shape index (κ1) is 23.5. The second-order valence-corrected chi connectivity index (χ2v) is 8.29. The van der Waals surface area contributed by atoms with Crippen molar-refractivity contribution in [1.82, 2.24) is 10.3 Å². The largest absolute Gasteiger partial charge is 0.400 e. The van der Waals surface area contributed by atoms with Crippen LogP contribution in [0.3, 0.4) is 0 Å². The summed E-state index contributed by atoms with van der Waals surface area (Å²) in [6, 6.07) is 18.0. The summed E-state index contributed by atoms with van der Waals surface area (Å²) in [4.78, 5) is 3.38. The lowest BCUT2D eigenvalue weighted by Crippen LogP contribution is -2.45. The molecule has 1 aromatic heterocycles. The van der Waals surface area contributed by atoms with Gasteiger partial charge in [0.15, 0.2) is 0 Å². The number of benzene rings is 2. The van der Waals surface area contributed by atoms with E-state index in [1.165, 1.54) is 59.0 Å². The molecule has 1 aliphatic heterocycles. The first-order chi connectivity index (χ1) is 15.2. The molecule has 0 amide bonds. The zero-order valence-electron chi connectivity index (χ0n) is 18.7. The Morgan fingerprint density at radius 1 is 0.968 bits per heavy atom. The predicted molar refractivity (Wildman–Crippen MR) is 127 cm³/mol. The van der Waals surface area contributed by atoms with Crippen LogP contribution in [0, 0.1) is 6.92 Å². The Labute approximate surface area is 185 Å². The Bertz CT molecular complexity index is 925. The molecule has 2 fully saturated rings. The van der Waals surface area contributed by atoms with Gasteiger partial charge in [-0.3, -0.25) is 0 Å². The van der Waals surface area contributed by atoms with Gasteiger partial charge in [-0.05, 0) is 73.7 Å². The minimum Gasteiger partial charge on any atom is -0.400 e. The van der Waals surface area contributed by atoms with Gasteiger partial charge in [0.05, 0.1) is 19.3 Å². The Balaban J connectivity index is 0.000000291. The number of aliphatic hydroxyl groups excluding tert-OH is 2. The maximum atomic E-state index is 8.32. The maximum Gasteiger partial charge on any atom is 0.0720 e. The van der Waals surface area contributed by atoms with Crippen LogP contribution in [0.15, 0.2) is 48.5 Å². The van der Waals surface area contributed by atoms with Crippen molar-refractivity contribution in [2.75, 3.05) is 20.3 Å². The highest BCUT2D eigenvalue weighted by molar-refractivity contribution is 5.85. The van der Waals surface area contributed by atoms with Crippen LogP contribution >= 0.6 is 0 Å². The Morgan fingerprint density at radius 3 is 2.35 bits per heavy atom. The number of fused-ring (bicyclic) bond motifs is 1. The third-order valence-electron chi connectivity index (χ3n) is 5.95. The number of hydrogen-bond acceptors (Lipinski definition) is 4. The molecule has 1 saturated heterocycles. The van der Waals surface area contributed by atoms with E-state index in [0.717, 1.165) is 26.7 Å². The van der Waals surface area contributed by atoms with E-state index in [0.29, 0.717) is 18.8 Å². The second kappa shape index (κ2) is 12.0. The lowest BCUT2D eigenvalue weighted by molar-refractivity contribution is 0.0457. The number of ether oxygens (including phenoxy) is 1. The quantitative estimate of drug-likeness (QED) is 0.485. The van der Waals surface area contributed by atoms with Gasteiger partial charge >= 0.3 is 0 Å². The Hall–Kier alpha value is -2.18. The fraction of sp³-hybridized carbons (Fsp3) is 0.462. The number of hydrogen-bond donors (Lipinski definition) is 4. The van der Waals surface area contributed by atoms with Gasteiger partial charge < -0.3 is 25.3 Å². The average Bonchev–Trinajstić information content (AvgIpc) is 3.41. The van der Waals surface area contributed by atoms with Crippen LogP contribution in [0.1, 0.15) is 43.4 Å². The molecule has 0 radical (unpaired) electrons. The fourth-order valence-electron chi connectivity index (χ4n) is 4.07. The van der Waals surface area contributed by atoms with Gasteiger partial charge in [-0.1, -0.05) is 37.1 Å². The molecule has 5 nitrogen and oxygen atoms in total. The van der Waals surface area contributed by atoms with Crippen molar-refractivity contribution in [3.63, 3.8) is 0 Å². The molecule has 5 rings (SSSR count). The van der Waals surface area contributed by atoms with E-state index in [1.807, 2.05) is 0 Å². The van der Waals surface area contributed by atoms with E-state index in [-0.39, 0.29) is 0 Å². The van der Waals surface area contributed by atoms with Gasteiger partial charge in [-0.25, -0.2) is 0 Å². The van der Waals surface area contributed by atoms with Gasteiger partial charge in [-0.15, -0.1) is 0 Å². The summed E-state index contributed by atoms with van der Waals surface area (Å²) in [7, 11) is 1.00. The lowest BCUT2D eigenvalue weighted by atomic mass is 10.0. The number of aryl methyl sites for hydroxylation is 1. The number of H-pyrrole nitrogens is 1. The predicted octanol–water partition coefficient (Wildman–Crippen LogP) is 4.55. The van der Waals surface area contributed by atoms with E-state index < -0.39 is 0 Å². The summed E-state index contributed by atoms with van der Waals surface area (Å²) >= 11 is 0. The highest BCUT2D eigenvalue weighted by Crippen LogP contribution is 2.27. The molecule has 2 aliphatic rings. The van der Waals surface area contributed by atoms with Crippen molar-refractivity contribution in [3.8, 4) is 11.1 Å². The van der Waals surface area contributed by atoms with E-state index in [1.54, 1.807) is 0 Å². The van der Waals surface area contributed by atoms with Gasteiger partial charge in [-0.2, -0.15) is 0 Å². The van der Waals surface area contributed by atoms with Crippen LogP contribution in [0.5, 0.6) is 0 Å². The molecule has 1 aliphatic carbocycles. The number of rotatable bonds is 5. The fourth-order valence-corrected chi connectivity index (χ4v) is 4.07. The van der Waals surface area contributed by atoms with Crippen LogP contribution in [-0.4, -0.2) is 47.6 Å². The topological polar surface area (TPSA) is 77.5 Å². The normalized spacial score (nSPS) is 18.0. The van der Waals surface area contributed by atoms with Crippen LogP contribution in [0.2, 0.25) is 0 Å². The molecule has 0 spiro atoms. The first-order valence-electron chi connectivity index (χ1n) is 11.3. The van der Waals surface area contributed by atoms with Crippen LogP contribution < -0.4 is 5.32 Å². The molecule has 1 atom stereocenters. The standard InChI is InChI=1S/C21H23NO.C4H9NO.CH4O/c1-15-11-19-13-18(9-10-21(19)22-15)17-6-4-5-16(12-17)14-23-20-7-2-3-8-20;6-3-4-1-2-5-4;1-2/h4-6,9-13,20,22H,2-3,7-8,14H2,1H3;4-6H,1-3H2;2H,1H3. The number of aromatic amines is 1. The Morgan fingerprint density at radius 2 is 1.71 bits per heavy atom. The monoisotopic (exact) mass is 424 g/mol. The molecule has 1 unspecified atom stereocenters. The third-order valence-corrected chi connectivity index (χ3v) is 5.95. The molecule has 0 bridgehead atoms. The summed E-state index contributed by atoms with van der Waals surface area (Å²) in [5, 5.41) is 19.6. The van der Waals surface area contributed by atoms with Crippen LogP contribution in [-0.2, 0) is 11.3 Å². The van der Waals surface area contributed by atoms with Gasteiger partial charge in [0.1, 0.15) is 0 Å². The molecular weight excluding hydrogens is 388 g/mol. The second-order valence-electron chi connectivity index (χ2n) is 8.29. The molecule has 4 N–H and O–H groups in total. The number of nitrogens with one attached hydrogen (secondary N) is 2. The summed E-state index contributed by atoms with van der Waals surface area (Å²) in [5.41, 5.74) is 6.19. The van der Waals surface area contributed by atoms with E-state index in [4.69, 9.17) is 14.9 Å². The summed E-state index contributed by atoms with van der Waals surface area (Å²) in [5.74, 6) is 0. The summed E-state index contributed by atoms with van der Waals surface area (Å²) in [6.07, 6.45) is 6.71. The molecule has 2 heterocycles.